The summed E-state index contributed by atoms with van der Waals surface area (Å²) in [5.41, 5.74) is 0. The number of halogens is 1. The summed E-state index contributed by atoms with van der Waals surface area (Å²) in [6.45, 7) is 2.11. The first-order valence-electron chi connectivity index (χ1n) is 5.50. The molecule has 0 unspecified atom stereocenters. The van der Waals surface area contributed by atoms with E-state index < -0.39 is 0 Å². The molecule has 0 N–H and O–H groups in total. The third-order valence-electron chi connectivity index (χ3n) is 2.92. The Morgan fingerprint density at radius 3 is 2.76 bits per heavy atom. The van der Waals surface area contributed by atoms with Crippen LogP contribution in [-0.4, -0.2) is 16.3 Å². The van der Waals surface area contributed by atoms with E-state index >= 15 is 0 Å². The first kappa shape index (κ1) is 12.7. The highest BCUT2D eigenvalue weighted by Crippen LogP contribution is 2.43. The van der Waals surface area contributed by atoms with Crippen LogP contribution in [0.1, 0.15) is 26.2 Å². The van der Waals surface area contributed by atoms with Crippen molar-refractivity contribution < 1.29 is 9.59 Å². The lowest BCUT2D eigenvalue weighted by molar-refractivity contribution is -0.114. The standard InChI is InChI=1S/C13H13ClO2S/c1-13(6-4-9(14)5-7-13)17-12-8-10(15)2-3-11(12)16/h2-4,8H,5-7H2,1H3/t13-/m1/s1. The van der Waals surface area contributed by atoms with Crippen molar-refractivity contribution in [1.82, 2.24) is 0 Å². The van der Waals surface area contributed by atoms with Gasteiger partial charge in [-0.3, -0.25) is 9.59 Å². The summed E-state index contributed by atoms with van der Waals surface area (Å²) in [5.74, 6) is -0.184. The minimum absolute atomic E-state index is 0.0364. The molecule has 17 heavy (non-hydrogen) atoms. The van der Waals surface area contributed by atoms with Crippen LogP contribution in [0.4, 0.5) is 0 Å². The molecule has 4 heteroatoms. The summed E-state index contributed by atoms with van der Waals surface area (Å²) in [6.07, 6.45) is 8.69. The zero-order valence-electron chi connectivity index (χ0n) is 9.53. The Morgan fingerprint density at radius 2 is 2.12 bits per heavy atom. The summed E-state index contributed by atoms with van der Waals surface area (Å²) in [7, 11) is 0. The second-order valence-corrected chi connectivity index (χ2v) is 6.63. The average molecular weight is 269 g/mol. The number of thioether (sulfide) groups is 1. The largest absolute Gasteiger partial charge is 0.290 e. The molecule has 2 aliphatic carbocycles. The summed E-state index contributed by atoms with van der Waals surface area (Å²) in [5, 5.41) is 0.892. The Hall–Kier alpha value is -0.800. The number of rotatable bonds is 2. The van der Waals surface area contributed by atoms with Crippen molar-refractivity contribution in [2.75, 3.05) is 0 Å². The van der Waals surface area contributed by atoms with Crippen molar-refractivity contribution in [2.45, 2.75) is 30.9 Å². The zero-order chi connectivity index (χ0) is 12.5. The molecule has 0 aromatic heterocycles. The maximum absolute atomic E-state index is 11.7. The molecule has 2 aliphatic rings. The predicted molar refractivity (Wildman–Crippen MR) is 71.0 cm³/mol. The summed E-state index contributed by atoms with van der Waals surface area (Å²) in [6, 6.07) is 0. The van der Waals surface area contributed by atoms with Gasteiger partial charge in [0.15, 0.2) is 11.6 Å². The monoisotopic (exact) mass is 268 g/mol. The van der Waals surface area contributed by atoms with Crippen LogP contribution in [0.3, 0.4) is 0 Å². The first-order valence-corrected chi connectivity index (χ1v) is 6.70. The Morgan fingerprint density at radius 1 is 1.35 bits per heavy atom. The Kier molecular flexibility index (Phi) is 3.59. The molecule has 0 aliphatic heterocycles. The lowest BCUT2D eigenvalue weighted by atomic mass is 9.95. The summed E-state index contributed by atoms with van der Waals surface area (Å²) < 4.78 is -0.0364. The van der Waals surface area contributed by atoms with Crippen molar-refractivity contribution >= 4 is 34.9 Å². The number of hydrogen-bond donors (Lipinski definition) is 0. The molecule has 1 atom stereocenters. The van der Waals surface area contributed by atoms with Crippen LogP contribution in [0.2, 0.25) is 0 Å². The number of allylic oxidation sites excluding steroid dienone is 6. The normalized spacial score (nSPS) is 29.1. The molecule has 0 aromatic rings. The SMILES string of the molecule is C[C@@]1(SC2=CC(=O)C=CC2=O)CC=C(Cl)CC1. The lowest BCUT2D eigenvalue weighted by Crippen LogP contribution is -2.24. The van der Waals surface area contributed by atoms with Crippen molar-refractivity contribution in [3.8, 4) is 0 Å². The molecule has 0 aromatic carbocycles. The van der Waals surface area contributed by atoms with Crippen LogP contribution in [0.5, 0.6) is 0 Å². The van der Waals surface area contributed by atoms with Gasteiger partial charge in [0, 0.05) is 15.9 Å². The van der Waals surface area contributed by atoms with Crippen molar-refractivity contribution in [2.24, 2.45) is 0 Å². The van der Waals surface area contributed by atoms with Crippen LogP contribution in [-0.2, 0) is 9.59 Å². The van der Waals surface area contributed by atoms with E-state index in [-0.39, 0.29) is 16.3 Å². The number of hydrogen-bond acceptors (Lipinski definition) is 3. The first-order chi connectivity index (χ1) is 7.98. The Labute approximate surface area is 110 Å². The molecule has 0 spiro atoms. The predicted octanol–water partition coefficient (Wildman–Crippen LogP) is 3.38. The maximum Gasteiger partial charge on any atom is 0.192 e. The molecule has 0 radical (unpaired) electrons. The van der Waals surface area contributed by atoms with Crippen LogP contribution in [0.25, 0.3) is 0 Å². The van der Waals surface area contributed by atoms with Crippen molar-refractivity contribution in [3.63, 3.8) is 0 Å². The van der Waals surface area contributed by atoms with E-state index in [9.17, 15) is 9.59 Å². The van der Waals surface area contributed by atoms with Crippen LogP contribution >= 0.6 is 23.4 Å². The molecule has 90 valence electrons. The zero-order valence-corrected chi connectivity index (χ0v) is 11.1. The maximum atomic E-state index is 11.7. The van der Waals surface area contributed by atoms with E-state index in [0.717, 1.165) is 24.3 Å². The highest BCUT2D eigenvalue weighted by molar-refractivity contribution is 8.05. The molecule has 2 rings (SSSR count). The van der Waals surface area contributed by atoms with Gasteiger partial charge in [-0.05, 0) is 38.3 Å². The fraction of sp³-hybridized carbons (Fsp3) is 0.385. The van der Waals surface area contributed by atoms with Crippen molar-refractivity contribution in [3.05, 3.63) is 34.2 Å². The molecule has 0 bridgehead atoms. The van der Waals surface area contributed by atoms with E-state index in [2.05, 4.69) is 6.92 Å². The molecule has 0 fully saturated rings. The van der Waals surface area contributed by atoms with Gasteiger partial charge in [0.25, 0.3) is 0 Å². The van der Waals surface area contributed by atoms with Gasteiger partial charge in [-0.1, -0.05) is 17.7 Å². The van der Waals surface area contributed by atoms with Crippen molar-refractivity contribution in [1.29, 1.82) is 0 Å². The van der Waals surface area contributed by atoms with E-state index in [1.54, 1.807) is 0 Å². The van der Waals surface area contributed by atoms with E-state index in [1.807, 2.05) is 6.08 Å². The molecular formula is C13H13ClO2S. The highest BCUT2D eigenvalue weighted by Gasteiger charge is 2.30. The third kappa shape index (κ3) is 3.11. The van der Waals surface area contributed by atoms with Gasteiger partial charge in [0.05, 0.1) is 4.91 Å². The molecule has 0 heterocycles. The fourth-order valence-corrected chi connectivity index (χ4v) is 3.26. The molecule has 0 amide bonds. The van der Waals surface area contributed by atoms with Gasteiger partial charge >= 0.3 is 0 Å². The third-order valence-corrected chi connectivity index (χ3v) is 4.67. The molecule has 0 saturated heterocycles. The quantitative estimate of drug-likeness (QED) is 0.720. The van der Waals surface area contributed by atoms with Crippen LogP contribution < -0.4 is 0 Å². The van der Waals surface area contributed by atoms with E-state index in [0.29, 0.717) is 4.91 Å². The fourth-order valence-electron chi connectivity index (χ4n) is 1.84. The highest BCUT2D eigenvalue weighted by atomic mass is 35.5. The smallest absolute Gasteiger partial charge is 0.192 e. The van der Waals surface area contributed by atoms with Gasteiger partial charge in [0.2, 0.25) is 0 Å². The van der Waals surface area contributed by atoms with Gasteiger partial charge in [0.1, 0.15) is 0 Å². The lowest BCUT2D eigenvalue weighted by Gasteiger charge is -2.31. The number of ketones is 2. The summed E-state index contributed by atoms with van der Waals surface area (Å²) in [4.78, 5) is 23.5. The number of carbonyl (C=O) groups is 2. The second kappa shape index (κ2) is 4.83. The van der Waals surface area contributed by atoms with Gasteiger partial charge in [-0.15, -0.1) is 11.8 Å². The number of carbonyl (C=O) groups excluding carboxylic acids is 2. The van der Waals surface area contributed by atoms with E-state index in [4.69, 9.17) is 11.6 Å². The average Bonchev–Trinajstić information content (AvgIpc) is 2.28. The molecule has 2 nitrogen and oxygen atoms in total. The van der Waals surface area contributed by atoms with Gasteiger partial charge in [-0.25, -0.2) is 0 Å². The van der Waals surface area contributed by atoms with Gasteiger partial charge in [-0.2, -0.15) is 0 Å². The summed E-state index contributed by atoms with van der Waals surface area (Å²) >= 11 is 7.44. The second-order valence-electron chi connectivity index (χ2n) is 4.52. The van der Waals surface area contributed by atoms with Gasteiger partial charge < -0.3 is 0 Å². The van der Waals surface area contributed by atoms with Crippen LogP contribution in [0, 0.1) is 0 Å². The molecular weight excluding hydrogens is 256 g/mol. The van der Waals surface area contributed by atoms with E-state index in [1.165, 1.54) is 30.0 Å². The minimum atomic E-state index is -0.111. The molecule has 0 saturated carbocycles. The van der Waals surface area contributed by atoms with Crippen LogP contribution in [0.15, 0.2) is 34.2 Å². The topological polar surface area (TPSA) is 34.1 Å². The minimum Gasteiger partial charge on any atom is -0.290 e. The Bertz CT molecular complexity index is 462. The Balaban J connectivity index is 2.11.